The molecule has 3 aromatic rings. The highest BCUT2D eigenvalue weighted by molar-refractivity contribution is 6.44. The van der Waals surface area contributed by atoms with Crippen LogP contribution < -0.4 is 4.90 Å². The van der Waals surface area contributed by atoms with Gasteiger partial charge in [0, 0.05) is 22.3 Å². The van der Waals surface area contributed by atoms with E-state index in [1.807, 2.05) is 0 Å². The van der Waals surface area contributed by atoms with Crippen molar-refractivity contribution in [2.75, 3.05) is 4.90 Å². The lowest BCUT2D eigenvalue weighted by molar-refractivity contribution is -0.122. The van der Waals surface area contributed by atoms with Crippen molar-refractivity contribution in [1.82, 2.24) is 4.98 Å². The third kappa shape index (κ3) is 3.08. The Morgan fingerprint density at radius 2 is 1.63 bits per heavy atom. The number of pyridine rings is 1. The van der Waals surface area contributed by atoms with E-state index in [-0.39, 0.29) is 27.8 Å². The number of aliphatic hydroxyl groups is 1. The zero-order chi connectivity index (χ0) is 24.4. The van der Waals surface area contributed by atoms with E-state index in [0.29, 0.717) is 21.8 Å². The summed E-state index contributed by atoms with van der Waals surface area (Å²) in [5.41, 5.74) is 1.36. The van der Waals surface area contributed by atoms with Crippen LogP contribution in [0.3, 0.4) is 0 Å². The molecule has 3 atom stereocenters. The van der Waals surface area contributed by atoms with Gasteiger partial charge >= 0.3 is 0 Å². The number of ketones is 1. The minimum absolute atomic E-state index is 0.0650. The minimum Gasteiger partial charge on any atom is -0.506 e. The first kappa shape index (κ1) is 21.7. The standard InChI is InChI=1S/C26H15Cl2N3O4/c27-12-8-9-17(15(28)11-12)31-25(34)18-19(26(31)35)22(30-21(18)16-7-3-4-10-29-16)20-23(32)13-5-1-2-6-14(13)24(20)33/h1-11,18-19,21,32H/t18-,19+,21+/m1/s1. The normalized spacial score (nSPS) is 23.1. The summed E-state index contributed by atoms with van der Waals surface area (Å²) in [6.45, 7) is 0. The molecule has 1 aromatic heterocycles. The van der Waals surface area contributed by atoms with Gasteiger partial charge in [0.2, 0.25) is 11.8 Å². The van der Waals surface area contributed by atoms with Gasteiger partial charge in [0.25, 0.3) is 0 Å². The summed E-state index contributed by atoms with van der Waals surface area (Å²) < 4.78 is 0. The molecule has 6 rings (SSSR count). The molecule has 0 bridgehead atoms. The number of amides is 2. The molecule has 3 heterocycles. The molecule has 1 N–H and O–H groups in total. The van der Waals surface area contributed by atoms with E-state index >= 15 is 0 Å². The first-order valence-corrected chi connectivity index (χ1v) is 11.5. The fourth-order valence-corrected chi connectivity index (χ4v) is 5.52. The Labute approximate surface area is 209 Å². The second-order valence-electron chi connectivity index (χ2n) is 8.42. The van der Waals surface area contributed by atoms with E-state index < -0.39 is 35.5 Å². The van der Waals surface area contributed by atoms with E-state index in [4.69, 9.17) is 23.2 Å². The number of nitrogens with zero attached hydrogens (tertiary/aromatic N) is 3. The lowest BCUT2D eigenvalue weighted by Crippen LogP contribution is -2.34. The van der Waals surface area contributed by atoms with E-state index in [9.17, 15) is 19.5 Å². The maximum atomic E-state index is 13.8. The van der Waals surface area contributed by atoms with Gasteiger partial charge in [-0.25, -0.2) is 4.90 Å². The number of carbonyl (C=O) groups is 3. The van der Waals surface area contributed by atoms with Crippen molar-refractivity contribution in [3.05, 3.63) is 99.3 Å². The zero-order valence-corrected chi connectivity index (χ0v) is 19.4. The maximum absolute atomic E-state index is 13.8. The number of halogens is 2. The van der Waals surface area contributed by atoms with E-state index in [1.165, 1.54) is 18.2 Å². The van der Waals surface area contributed by atoms with Crippen LogP contribution in [0.4, 0.5) is 5.69 Å². The number of benzene rings is 2. The van der Waals surface area contributed by atoms with Crippen molar-refractivity contribution in [1.29, 1.82) is 0 Å². The highest BCUT2D eigenvalue weighted by Crippen LogP contribution is 2.49. The molecule has 2 aromatic carbocycles. The van der Waals surface area contributed by atoms with Crippen molar-refractivity contribution < 1.29 is 19.5 Å². The smallest absolute Gasteiger partial charge is 0.243 e. The van der Waals surface area contributed by atoms with Gasteiger partial charge in [-0.15, -0.1) is 0 Å². The average molecular weight is 504 g/mol. The van der Waals surface area contributed by atoms with Crippen LogP contribution in [0.15, 0.2) is 77.4 Å². The molecule has 0 saturated carbocycles. The molecular formula is C26H15Cl2N3O4. The second kappa shape index (κ2) is 7.86. The van der Waals surface area contributed by atoms with E-state index in [2.05, 4.69) is 9.98 Å². The summed E-state index contributed by atoms with van der Waals surface area (Å²) in [4.78, 5) is 50.8. The summed E-state index contributed by atoms with van der Waals surface area (Å²) in [6.07, 6.45) is 1.57. The van der Waals surface area contributed by atoms with Crippen LogP contribution in [-0.4, -0.2) is 33.4 Å². The van der Waals surface area contributed by atoms with E-state index in [1.54, 1.807) is 48.7 Å². The number of aromatic nitrogens is 1. The van der Waals surface area contributed by atoms with Crippen LogP contribution in [0.5, 0.6) is 0 Å². The summed E-state index contributed by atoms with van der Waals surface area (Å²) in [7, 11) is 0. The largest absolute Gasteiger partial charge is 0.506 e. The van der Waals surface area contributed by atoms with Crippen LogP contribution in [0.25, 0.3) is 5.76 Å². The third-order valence-electron chi connectivity index (χ3n) is 6.55. The van der Waals surface area contributed by atoms with Crippen molar-refractivity contribution in [3.63, 3.8) is 0 Å². The molecule has 2 aliphatic heterocycles. The van der Waals surface area contributed by atoms with Gasteiger partial charge in [-0.1, -0.05) is 53.5 Å². The van der Waals surface area contributed by atoms with Crippen molar-refractivity contribution in [2.24, 2.45) is 16.8 Å². The summed E-state index contributed by atoms with van der Waals surface area (Å²) in [6, 6.07) is 15.5. The predicted molar refractivity (Wildman–Crippen MR) is 131 cm³/mol. The number of rotatable bonds is 3. The van der Waals surface area contributed by atoms with Crippen LogP contribution in [-0.2, 0) is 9.59 Å². The van der Waals surface area contributed by atoms with Crippen molar-refractivity contribution >= 4 is 58.0 Å². The van der Waals surface area contributed by atoms with Gasteiger partial charge in [-0.3, -0.25) is 24.4 Å². The number of imide groups is 1. The molecule has 35 heavy (non-hydrogen) atoms. The molecule has 1 fully saturated rings. The van der Waals surface area contributed by atoms with Crippen LogP contribution >= 0.6 is 23.2 Å². The first-order valence-electron chi connectivity index (χ1n) is 10.8. The Kier molecular flexibility index (Phi) is 4.88. The Hall–Kier alpha value is -3.81. The Morgan fingerprint density at radius 3 is 2.31 bits per heavy atom. The molecule has 2 amide bonds. The van der Waals surface area contributed by atoms with E-state index in [0.717, 1.165) is 4.90 Å². The van der Waals surface area contributed by atoms with Gasteiger partial charge in [-0.2, -0.15) is 0 Å². The Bertz CT molecular complexity index is 1520. The molecule has 1 saturated heterocycles. The maximum Gasteiger partial charge on any atom is 0.243 e. The fraction of sp³-hybridized carbons (Fsp3) is 0.115. The monoisotopic (exact) mass is 503 g/mol. The molecule has 0 unspecified atom stereocenters. The molecule has 0 radical (unpaired) electrons. The van der Waals surface area contributed by atoms with Gasteiger partial charge < -0.3 is 5.11 Å². The SMILES string of the molecule is O=C1C(C2=N[C@@H](c3ccccn3)[C@@H]3C(=O)N(c4ccc(Cl)cc4Cl)C(=O)[C@H]23)=C(O)c2ccccc21. The average Bonchev–Trinajstić information content (AvgIpc) is 3.45. The number of carbonyl (C=O) groups excluding carboxylic acids is 3. The summed E-state index contributed by atoms with van der Waals surface area (Å²) in [5, 5.41) is 11.5. The molecule has 1 aliphatic carbocycles. The second-order valence-corrected chi connectivity index (χ2v) is 9.27. The fourth-order valence-electron chi connectivity index (χ4n) is 5.03. The van der Waals surface area contributed by atoms with Gasteiger partial charge in [0.15, 0.2) is 5.78 Å². The summed E-state index contributed by atoms with van der Waals surface area (Å²) >= 11 is 12.4. The highest BCUT2D eigenvalue weighted by Gasteiger charge is 2.60. The number of hydrogen-bond donors (Lipinski definition) is 1. The molecule has 9 heteroatoms. The van der Waals surface area contributed by atoms with Crippen LogP contribution in [0, 0.1) is 11.8 Å². The van der Waals surface area contributed by atoms with Crippen LogP contribution in [0.1, 0.15) is 27.7 Å². The number of aliphatic hydroxyl groups excluding tert-OH is 1. The lowest BCUT2D eigenvalue weighted by atomic mass is 9.84. The van der Waals surface area contributed by atoms with Gasteiger partial charge in [-0.05, 0) is 30.3 Å². The van der Waals surface area contributed by atoms with Crippen LogP contribution in [0.2, 0.25) is 10.0 Å². The number of aliphatic imine (C=N–C) groups is 1. The van der Waals surface area contributed by atoms with Gasteiger partial charge in [0.05, 0.1) is 39.5 Å². The third-order valence-corrected chi connectivity index (χ3v) is 7.09. The number of fused-ring (bicyclic) bond motifs is 2. The number of hydrogen-bond acceptors (Lipinski definition) is 6. The molecular weight excluding hydrogens is 489 g/mol. The van der Waals surface area contributed by atoms with Crippen molar-refractivity contribution in [2.45, 2.75) is 6.04 Å². The quantitative estimate of drug-likeness (QED) is 0.514. The molecule has 7 nitrogen and oxygen atoms in total. The highest BCUT2D eigenvalue weighted by atomic mass is 35.5. The number of anilines is 1. The van der Waals surface area contributed by atoms with Crippen molar-refractivity contribution in [3.8, 4) is 0 Å². The predicted octanol–water partition coefficient (Wildman–Crippen LogP) is 4.86. The zero-order valence-electron chi connectivity index (χ0n) is 17.9. The first-order chi connectivity index (χ1) is 16.9. The number of Topliss-reactive ketones (excluding diaryl/α,β-unsaturated/α-hetero) is 1. The Morgan fingerprint density at radius 1 is 0.886 bits per heavy atom. The Balaban J connectivity index is 1.52. The molecule has 0 spiro atoms. The minimum atomic E-state index is -1.09. The summed E-state index contributed by atoms with van der Waals surface area (Å²) in [5.74, 6) is -3.83. The number of allylic oxidation sites excluding steroid dienone is 1. The molecule has 172 valence electrons. The molecule has 3 aliphatic rings. The lowest BCUT2D eigenvalue weighted by Gasteiger charge is -2.19. The topological polar surface area (TPSA) is 99.9 Å². The van der Waals surface area contributed by atoms with Gasteiger partial charge in [0.1, 0.15) is 11.8 Å².